The molecule has 1 saturated heterocycles. The molecule has 0 radical (unpaired) electrons. The number of hydrogen-bond acceptors (Lipinski definition) is 3. The predicted octanol–water partition coefficient (Wildman–Crippen LogP) is 3.93. The largest absolute Gasteiger partial charge is 0.456 e. The summed E-state index contributed by atoms with van der Waals surface area (Å²) in [6.07, 6.45) is 3.01. The number of furan rings is 1. The summed E-state index contributed by atoms with van der Waals surface area (Å²) in [7, 11) is 2.21. The van der Waals surface area contributed by atoms with E-state index < -0.39 is 0 Å². The topological polar surface area (TPSA) is 45.5 Å². The summed E-state index contributed by atoms with van der Waals surface area (Å²) < 4.78 is 6.17. The van der Waals surface area contributed by atoms with E-state index in [4.69, 9.17) is 4.42 Å². The van der Waals surface area contributed by atoms with Crippen molar-refractivity contribution in [1.82, 2.24) is 10.2 Å². The van der Waals surface area contributed by atoms with Crippen LogP contribution in [-0.2, 0) is 11.3 Å². The minimum absolute atomic E-state index is 0.224. The van der Waals surface area contributed by atoms with Crippen LogP contribution in [-0.4, -0.2) is 30.4 Å². The molecule has 1 amide bonds. The number of rotatable bonds is 3. The molecule has 26 heavy (non-hydrogen) atoms. The van der Waals surface area contributed by atoms with Gasteiger partial charge in [0.25, 0.3) is 0 Å². The van der Waals surface area contributed by atoms with E-state index in [-0.39, 0.29) is 5.91 Å². The average Bonchev–Trinajstić information content (AvgIpc) is 3.23. The fourth-order valence-corrected chi connectivity index (χ4v) is 4.92. The van der Waals surface area contributed by atoms with E-state index in [1.807, 2.05) is 12.1 Å². The smallest absolute Gasteiger partial charge is 0.220 e. The quantitative estimate of drug-likeness (QED) is 0.780. The minimum atomic E-state index is 0.224. The molecular weight excluding hydrogens is 324 g/mol. The number of carbonyl (C=O) groups is 1. The lowest BCUT2D eigenvalue weighted by Crippen LogP contribution is -2.38. The minimum Gasteiger partial charge on any atom is -0.456 e. The van der Waals surface area contributed by atoms with E-state index in [0.717, 1.165) is 30.7 Å². The van der Waals surface area contributed by atoms with Gasteiger partial charge in [-0.15, -0.1) is 0 Å². The van der Waals surface area contributed by atoms with E-state index in [2.05, 4.69) is 47.6 Å². The van der Waals surface area contributed by atoms with E-state index in [0.29, 0.717) is 24.3 Å². The summed E-state index contributed by atoms with van der Waals surface area (Å²) >= 11 is 0. The first-order chi connectivity index (χ1) is 12.7. The van der Waals surface area contributed by atoms with E-state index in [1.165, 1.54) is 22.8 Å². The molecule has 5 rings (SSSR count). The van der Waals surface area contributed by atoms with Crippen molar-refractivity contribution in [2.75, 3.05) is 13.6 Å². The van der Waals surface area contributed by atoms with Gasteiger partial charge in [0.1, 0.15) is 11.2 Å². The number of nitrogens with one attached hydrogen (secondary N) is 1. The zero-order chi connectivity index (χ0) is 17.7. The second kappa shape index (κ2) is 6.13. The van der Waals surface area contributed by atoms with Crippen LogP contribution < -0.4 is 5.32 Å². The summed E-state index contributed by atoms with van der Waals surface area (Å²) in [4.78, 5) is 14.1. The maximum absolute atomic E-state index is 11.7. The molecule has 2 fully saturated rings. The Balaban J connectivity index is 1.40. The summed E-state index contributed by atoms with van der Waals surface area (Å²) in [6, 6.07) is 15.2. The Morgan fingerprint density at radius 2 is 1.88 bits per heavy atom. The second-order valence-corrected chi connectivity index (χ2v) is 7.96. The van der Waals surface area contributed by atoms with Gasteiger partial charge in [-0.25, -0.2) is 0 Å². The summed E-state index contributed by atoms with van der Waals surface area (Å²) in [5, 5.41) is 5.41. The number of nitrogens with zero attached hydrogens (tertiary/aromatic N) is 1. The third-order valence-corrected chi connectivity index (χ3v) is 6.35. The van der Waals surface area contributed by atoms with Crippen LogP contribution >= 0.6 is 0 Å². The first kappa shape index (κ1) is 15.9. The van der Waals surface area contributed by atoms with Crippen molar-refractivity contribution in [2.24, 2.45) is 11.8 Å². The molecule has 134 valence electrons. The van der Waals surface area contributed by atoms with Gasteiger partial charge in [-0.2, -0.15) is 0 Å². The maximum Gasteiger partial charge on any atom is 0.220 e. The van der Waals surface area contributed by atoms with Crippen LogP contribution in [0.1, 0.15) is 24.8 Å². The average molecular weight is 348 g/mol. The van der Waals surface area contributed by atoms with Crippen molar-refractivity contribution in [1.29, 1.82) is 0 Å². The molecule has 1 aliphatic carbocycles. The molecule has 3 atom stereocenters. The van der Waals surface area contributed by atoms with Gasteiger partial charge in [0.2, 0.25) is 5.91 Å². The lowest BCUT2D eigenvalue weighted by Gasteiger charge is -2.24. The fourth-order valence-electron chi connectivity index (χ4n) is 4.92. The predicted molar refractivity (Wildman–Crippen MR) is 103 cm³/mol. The standard InChI is InChI=1S/C22H24N2O2/c1-24(17-9-15-11-21(25)23-12-16(15)10-17)13-14-5-4-7-19-18-6-2-3-8-20(18)26-22(14)19/h2-8,15-17H,9-13H2,1H3,(H,23,25)/t15-,16+,17-/m1/s1. The van der Waals surface area contributed by atoms with Gasteiger partial charge in [0.15, 0.2) is 0 Å². The van der Waals surface area contributed by atoms with Crippen LogP contribution in [0.3, 0.4) is 0 Å². The van der Waals surface area contributed by atoms with E-state index >= 15 is 0 Å². The molecule has 0 spiro atoms. The molecule has 0 bridgehead atoms. The Kier molecular flexibility index (Phi) is 3.75. The van der Waals surface area contributed by atoms with Crippen LogP contribution in [0.5, 0.6) is 0 Å². The second-order valence-electron chi connectivity index (χ2n) is 7.96. The monoisotopic (exact) mass is 348 g/mol. The van der Waals surface area contributed by atoms with Crippen molar-refractivity contribution in [2.45, 2.75) is 31.8 Å². The van der Waals surface area contributed by atoms with Gasteiger partial charge < -0.3 is 9.73 Å². The highest BCUT2D eigenvalue weighted by atomic mass is 16.3. The Morgan fingerprint density at radius 3 is 2.81 bits per heavy atom. The molecule has 2 aliphatic rings. The Labute approximate surface area is 153 Å². The lowest BCUT2D eigenvalue weighted by atomic mass is 9.89. The van der Waals surface area contributed by atoms with Gasteiger partial charge in [0.05, 0.1) is 0 Å². The summed E-state index contributed by atoms with van der Waals surface area (Å²) in [5.41, 5.74) is 3.20. The molecule has 1 saturated carbocycles. The van der Waals surface area contributed by atoms with Crippen molar-refractivity contribution < 1.29 is 9.21 Å². The Bertz CT molecular complexity index is 977. The summed E-state index contributed by atoms with van der Waals surface area (Å²) in [6.45, 7) is 1.73. The fraction of sp³-hybridized carbons (Fsp3) is 0.409. The number of carbonyl (C=O) groups excluding carboxylic acids is 1. The van der Waals surface area contributed by atoms with E-state index in [1.54, 1.807) is 0 Å². The first-order valence-corrected chi connectivity index (χ1v) is 9.55. The number of amides is 1. The molecule has 1 N–H and O–H groups in total. The molecular formula is C22H24N2O2. The van der Waals surface area contributed by atoms with Crippen LogP contribution in [0, 0.1) is 11.8 Å². The van der Waals surface area contributed by atoms with Crippen molar-refractivity contribution in [3.63, 3.8) is 0 Å². The number of hydrogen-bond donors (Lipinski definition) is 1. The maximum atomic E-state index is 11.7. The highest BCUT2D eigenvalue weighted by Crippen LogP contribution is 2.39. The molecule has 1 aliphatic heterocycles. The first-order valence-electron chi connectivity index (χ1n) is 9.55. The van der Waals surface area contributed by atoms with Crippen molar-refractivity contribution in [3.05, 3.63) is 48.0 Å². The zero-order valence-corrected chi connectivity index (χ0v) is 15.1. The lowest BCUT2D eigenvalue weighted by molar-refractivity contribution is -0.124. The Hall–Kier alpha value is -2.33. The van der Waals surface area contributed by atoms with Gasteiger partial charge in [-0.1, -0.05) is 36.4 Å². The molecule has 3 aromatic rings. The van der Waals surface area contributed by atoms with Crippen molar-refractivity contribution in [3.8, 4) is 0 Å². The zero-order valence-electron chi connectivity index (χ0n) is 15.1. The SMILES string of the molecule is CN(Cc1cccc2c1oc1ccccc12)[C@H]1C[C@H]2CNC(=O)C[C@H]2C1. The molecule has 4 nitrogen and oxygen atoms in total. The number of fused-ring (bicyclic) bond motifs is 4. The van der Waals surface area contributed by atoms with Gasteiger partial charge in [-0.3, -0.25) is 9.69 Å². The number of para-hydroxylation sites is 2. The highest BCUT2D eigenvalue weighted by Gasteiger charge is 2.39. The van der Waals surface area contributed by atoms with Gasteiger partial charge in [-0.05, 0) is 37.8 Å². The highest BCUT2D eigenvalue weighted by molar-refractivity contribution is 6.05. The van der Waals surface area contributed by atoms with Crippen LogP contribution in [0.25, 0.3) is 21.9 Å². The molecule has 4 heteroatoms. The number of benzene rings is 2. The molecule has 2 aromatic carbocycles. The molecule has 0 unspecified atom stereocenters. The van der Waals surface area contributed by atoms with Crippen LogP contribution in [0.15, 0.2) is 46.9 Å². The normalized spacial score (nSPS) is 25.8. The van der Waals surface area contributed by atoms with E-state index in [9.17, 15) is 4.79 Å². The van der Waals surface area contributed by atoms with Gasteiger partial charge in [0, 0.05) is 41.9 Å². The Morgan fingerprint density at radius 1 is 1.08 bits per heavy atom. The third kappa shape index (κ3) is 2.60. The third-order valence-electron chi connectivity index (χ3n) is 6.35. The van der Waals surface area contributed by atoms with Crippen molar-refractivity contribution >= 4 is 27.8 Å². The summed E-state index contributed by atoms with van der Waals surface area (Å²) in [5.74, 6) is 1.42. The van der Waals surface area contributed by atoms with Crippen LogP contribution in [0.2, 0.25) is 0 Å². The molecule has 1 aromatic heterocycles. The van der Waals surface area contributed by atoms with Crippen LogP contribution in [0.4, 0.5) is 0 Å². The molecule has 2 heterocycles. The number of piperidine rings is 1. The van der Waals surface area contributed by atoms with Gasteiger partial charge >= 0.3 is 0 Å².